The van der Waals surface area contributed by atoms with Gasteiger partial charge in [-0.05, 0) is 23.6 Å². The first kappa shape index (κ1) is 7.29. The van der Waals surface area contributed by atoms with E-state index in [2.05, 4.69) is 0 Å². The summed E-state index contributed by atoms with van der Waals surface area (Å²) in [5.74, 6) is 0. The maximum absolute atomic E-state index is 4.90. The van der Waals surface area contributed by atoms with E-state index in [-0.39, 0.29) is 5.41 Å². The van der Waals surface area contributed by atoms with Crippen molar-refractivity contribution in [2.75, 3.05) is 0 Å². The molecule has 0 atom stereocenters. The Balaban J connectivity index is 2.66. The fraction of sp³-hybridized carbons (Fsp3) is 0.714. The Kier molecular flexibility index (Phi) is 2.30. The monoisotopic (exact) mass is 158 g/mol. The van der Waals surface area contributed by atoms with Gasteiger partial charge in [-0.1, -0.05) is 37.3 Å². The van der Waals surface area contributed by atoms with E-state index in [0.29, 0.717) is 0 Å². The van der Waals surface area contributed by atoms with Crippen LogP contribution in [-0.4, -0.2) is 10.7 Å². The number of hydrogen-bond donors (Lipinski definition) is 0. The SMILES string of the molecule is S=CC1(C=S)CCCC1. The maximum Gasteiger partial charge on any atom is 0.0269 e. The Labute approximate surface area is 66.6 Å². The van der Waals surface area contributed by atoms with Gasteiger partial charge in [0.1, 0.15) is 0 Å². The van der Waals surface area contributed by atoms with Gasteiger partial charge in [0.15, 0.2) is 0 Å². The van der Waals surface area contributed by atoms with Crippen molar-refractivity contribution in [2.24, 2.45) is 5.41 Å². The van der Waals surface area contributed by atoms with E-state index < -0.39 is 0 Å². The first-order chi connectivity index (χ1) is 4.33. The van der Waals surface area contributed by atoms with Gasteiger partial charge in [-0.3, -0.25) is 0 Å². The second-order valence-electron chi connectivity index (χ2n) is 2.68. The van der Waals surface area contributed by atoms with E-state index in [1.807, 2.05) is 10.7 Å². The van der Waals surface area contributed by atoms with Crippen molar-refractivity contribution in [3.8, 4) is 0 Å². The summed E-state index contributed by atoms with van der Waals surface area (Å²) in [4.78, 5) is 0. The summed E-state index contributed by atoms with van der Waals surface area (Å²) >= 11 is 9.80. The molecule has 1 rings (SSSR count). The van der Waals surface area contributed by atoms with Crippen molar-refractivity contribution < 1.29 is 0 Å². The van der Waals surface area contributed by atoms with Gasteiger partial charge in [0.25, 0.3) is 0 Å². The van der Waals surface area contributed by atoms with Gasteiger partial charge < -0.3 is 0 Å². The molecule has 0 nitrogen and oxygen atoms in total. The van der Waals surface area contributed by atoms with Crippen molar-refractivity contribution in [1.29, 1.82) is 0 Å². The van der Waals surface area contributed by atoms with Crippen LogP contribution in [-0.2, 0) is 0 Å². The topological polar surface area (TPSA) is 0 Å². The van der Waals surface area contributed by atoms with E-state index in [1.165, 1.54) is 25.7 Å². The van der Waals surface area contributed by atoms with Crippen molar-refractivity contribution in [3.05, 3.63) is 0 Å². The zero-order chi connectivity index (χ0) is 6.74. The lowest BCUT2D eigenvalue weighted by Crippen LogP contribution is -2.16. The summed E-state index contributed by atoms with van der Waals surface area (Å²) in [6.45, 7) is 0. The lowest BCUT2D eigenvalue weighted by atomic mass is 9.92. The Morgan fingerprint density at radius 1 is 1.00 bits per heavy atom. The van der Waals surface area contributed by atoms with Crippen LogP contribution in [0.3, 0.4) is 0 Å². The summed E-state index contributed by atoms with van der Waals surface area (Å²) in [5.41, 5.74) is 0.157. The molecule has 0 unspecified atom stereocenters. The average Bonchev–Trinajstić information content (AvgIpc) is 2.36. The fourth-order valence-corrected chi connectivity index (χ4v) is 1.99. The van der Waals surface area contributed by atoms with E-state index in [1.54, 1.807) is 0 Å². The summed E-state index contributed by atoms with van der Waals surface area (Å²) in [7, 11) is 0. The van der Waals surface area contributed by atoms with E-state index in [9.17, 15) is 0 Å². The Hall–Kier alpha value is 0.180. The highest BCUT2D eigenvalue weighted by molar-refractivity contribution is 7.80. The molecule has 0 aromatic carbocycles. The Bertz CT molecular complexity index is 113. The third kappa shape index (κ3) is 1.36. The molecule has 0 amide bonds. The van der Waals surface area contributed by atoms with Crippen LogP contribution in [0.5, 0.6) is 0 Å². The van der Waals surface area contributed by atoms with Crippen molar-refractivity contribution >= 4 is 35.2 Å². The van der Waals surface area contributed by atoms with Crippen LogP contribution in [0, 0.1) is 5.41 Å². The number of rotatable bonds is 2. The molecule has 0 aromatic rings. The van der Waals surface area contributed by atoms with Crippen molar-refractivity contribution in [1.82, 2.24) is 0 Å². The largest absolute Gasteiger partial charge is 0.0925 e. The van der Waals surface area contributed by atoms with E-state index >= 15 is 0 Å². The van der Waals surface area contributed by atoms with Crippen LogP contribution < -0.4 is 0 Å². The van der Waals surface area contributed by atoms with Crippen LogP contribution in [0.2, 0.25) is 0 Å². The third-order valence-corrected chi connectivity index (χ3v) is 2.94. The molecule has 0 saturated heterocycles. The predicted octanol–water partition coefficient (Wildman–Crippen LogP) is 2.55. The zero-order valence-corrected chi connectivity index (χ0v) is 6.93. The predicted molar refractivity (Wildman–Crippen MR) is 48.2 cm³/mol. The molecule has 9 heavy (non-hydrogen) atoms. The minimum absolute atomic E-state index is 0.157. The molecule has 0 N–H and O–H groups in total. The molecule has 0 spiro atoms. The van der Waals surface area contributed by atoms with Gasteiger partial charge in [0, 0.05) is 5.41 Å². The third-order valence-electron chi connectivity index (χ3n) is 2.00. The first-order valence-electron chi connectivity index (χ1n) is 3.26. The van der Waals surface area contributed by atoms with Gasteiger partial charge >= 0.3 is 0 Å². The molecule has 0 heterocycles. The molecule has 1 aliphatic carbocycles. The summed E-state index contributed by atoms with van der Waals surface area (Å²) in [6, 6.07) is 0. The number of thiocarbonyl (C=S) groups is 2. The maximum atomic E-state index is 4.90. The highest BCUT2D eigenvalue weighted by Crippen LogP contribution is 2.34. The highest BCUT2D eigenvalue weighted by atomic mass is 32.1. The zero-order valence-electron chi connectivity index (χ0n) is 5.30. The quantitative estimate of drug-likeness (QED) is 0.566. The minimum atomic E-state index is 0.157. The standard InChI is InChI=1S/C7H10S2/c8-5-7(6-9)3-1-2-4-7/h5-6H,1-4H2. The van der Waals surface area contributed by atoms with Crippen molar-refractivity contribution in [3.63, 3.8) is 0 Å². The summed E-state index contributed by atoms with van der Waals surface area (Å²) < 4.78 is 0. The smallest absolute Gasteiger partial charge is 0.0269 e. The molecule has 50 valence electrons. The van der Waals surface area contributed by atoms with Gasteiger partial charge in [-0.2, -0.15) is 0 Å². The molecule has 2 heteroatoms. The Morgan fingerprint density at radius 2 is 1.44 bits per heavy atom. The minimum Gasteiger partial charge on any atom is -0.0925 e. The van der Waals surface area contributed by atoms with Gasteiger partial charge in [-0.25, -0.2) is 0 Å². The lowest BCUT2D eigenvalue weighted by Gasteiger charge is -2.15. The van der Waals surface area contributed by atoms with Crippen molar-refractivity contribution in [2.45, 2.75) is 25.7 Å². The molecule has 1 saturated carbocycles. The second-order valence-corrected chi connectivity index (χ2v) is 3.15. The molecule has 1 fully saturated rings. The molecular formula is C7H10S2. The van der Waals surface area contributed by atoms with E-state index in [0.717, 1.165) is 0 Å². The molecule has 0 bridgehead atoms. The molecule has 0 aromatic heterocycles. The normalized spacial score (nSPS) is 23.6. The Morgan fingerprint density at radius 3 is 1.67 bits per heavy atom. The fourth-order valence-electron chi connectivity index (χ4n) is 1.30. The molecule has 0 aliphatic heterocycles. The van der Waals surface area contributed by atoms with Crippen LogP contribution in [0.25, 0.3) is 0 Å². The van der Waals surface area contributed by atoms with Gasteiger partial charge in [-0.15, -0.1) is 0 Å². The van der Waals surface area contributed by atoms with Crippen LogP contribution in [0.15, 0.2) is 0 Å². The second kappa shape index (κ2) is 2.84. The molecule has 0 radical (unpaired) electrons. The molecular weight excluding hydrogens is 148 g/mol. The lowest BCUT2D eigenvalue weighted by molar-refractivity contribution is 0.644. The summed E-state index contributed by atoms with van der Waals surface area (Å²) in [5, 5.41) is 3.68. The highest BCUT2D eigenvalue weighted by Gasteiger charge is 2.28. The van der Waals surface area contributed by atoms with Gasteiger partial charge in [0.05, 0.1) is 0 Å². The van der Waals surface area contributed by atoms with Crippen LogP contribution >= 0.6 is 24.4 Å². The van der Waals surface area contributed by atoms with Crippen LogP contribution in [0.4, 0.5) is 0 Å². The average molecular weight is 158 g/mol. The first-order valence-corrected chi connectivity index (χ1v) is 4.20. The summed E-state index contributed by atoms with van der Waals surface area (Å²) in [6.07, 6.45) is 4.94. The van der Waals surface area contributed by atoms with Gasteiger partial charge in [0.2, 0.25) is 0 Å². The van der Waals surface area contributed by atoms with Crippen LogP contribution in [0.1, 0.15) is 25.7 Å². The molecule has 1 aliphatic rings. The number of hydrogen-bond acceptors (Lipinski definition) is 2. The van der Waals surface area contributed by atoms with E-state index in [4.69, 9.17) is 24.4 Å².